The Morgan fingerprint density at radius 2 is 1.78 bits per heavy atom. The smallest absolute Gasteiger partial charge is 0.225 e. The van der Waals surface area contributed by atoms with Crippen LogP contribution in [-0.2, 0) is 9.59 Å². The molecule has 2 aromatic rings. The van der Waals surface area contributed by atoms with Crippen molar-refractivity contribution in [1.82, 2.24) is 14.7 Å². The second kappa shape index (κ2) is 10.9. The highest BCUT2D eigenvalue weighted by molar-refractivity contribution is 5.98. The van der Waals surface area contributed by atoms with Gasteiger partial charge in [-0.1, -0.05) is 13.8 Å². The Morgan fingerprint density at radius 1 is 1.09 bits per heavy atom. The Bertz CT molecular complexity index is 928. The van der Waals surface area contributed by atoms with Gasteiger partial charge in [0, 0.05) is 44.0 Å². The van der Waals surface area contributed by atoms with E-state index in [-0.39, 0.29) is 42.4 Å². The summed E-state index contributed by atoms with van der Waals surface area (Å²) >= 11 is 0. The summed E-state index contributed by atoms with van der Waals surface area (Å²) in [5.41, 5.74) is 0.586. The Hall–Kier alpha value is -3.16. The first kappa shape index (κ1) is 23.5. The predicted octanol–water partition coefficient (Wildman–Crippen LogP) is 3.70. The Morgan fingerprint density at radius 3 is 2.41 bits per heavy atom. The van der Waals surface area contributed by atoms with Gasteiger partial charge in [0.05, 0.1) is 19.3 Å². The van der Waals surface area contributed by atoms with Gasteiger partial charge in [0.25, 0.3) is 0 Å². The van der Waals surface area contributed by atoms with Crippen molar-refractivity contribution in [2.24, 2.45) is 5.92 Å². The molecular weight excluding hydrogens is 408 g/mol. The number of aromatic nitrogens is 2. The van der Waals surface area contributed by atoms with E-state index in [0.29, 0.717) is 36.6 Å². The molecule has 3 rings (SSSR count). The zero-order valence-corrected chi connectivity index (χ0v) is 19.0. The van der Waals surface area contributed by atoms with Crippen molar-refractivity contribution in [1.29, 1.82) is 0 Å². The molecule has 172 valence electrons. The molecule has 1 N–H and O–H groups in total. The van der Waals surface area contributed by atoms with E-state index in [2.05, 4.69) is 10.4 Å². The molecule has 32 heavy (non-hydrogen) atoms. The number of methoxy groups -OCH3 is 1. The lowest BCUT2D eigenvalue weighted by molar-refractivity contribution is -0.132. The van der Waals surface area contributed by atoms with Gasteiger partial charge in [0.15, 0.2) is 5.78 Å². The number of piperidine rings is 1. The minimum absolute atomic E-state index is 0.00348. The monoisotopic (exact) mass is 440 g/mol. The molecule has 0 saturated carbocycles. The highest BCUT2D eigenvalue weighted by Gasteiger charge is 2.26. The van der Waals surface area contributed by atoms with E-state index < -0.39 is 0 Å². The summed E-state index contributed by atoms with van der Waals surface area (Å²) in [5.74, 6) is 1.62. The largest absolute Gasteiger partial charge is 0.497 e. The van der Waals surface area contributed by atoms with Crippen LogP contribution in [0.2, 0.25) is 0 Å². The molecule has 1 aliphatic rings. The first-order valence-electron chi connectivity index (χ1n) is 11.2. The second-order valence-electron chi connectivity index (χ2n) is 8.57. The lowest BCUT2D eigenvalue weighted by Crippen LogP contribution is -2.39. The SMILES string of the molecule is COc1ccc(C(=O)CCC(=O)N2CCC(n3nccc3NC(=O)CC(C)C)CC2)cc1. The fourth-order valence-electron chi connectivity index (χ4n) is 3.93. The van der Waals surface area contributed by atoms with Crippen LogP contribution in [0, 0.1) is 5.92 Å². The number of hydrogen-bond acceptors (Lipinski definition) is 5. The number of hydrogen-bond donors (Lipinski definition) is 1. The normalized spacial score (nSPS) is 14.4. The van der Waals surface area contributed by atoms with Gasteiger partial charge in [-0.05, 0) is 43.0 Å². The van der Waals surface area contributed by atoms with Crippen molar-refractivity contribution in [3.8, 4) is 5.75 Å². The van der Waals surface area contributed by atoms with Gasteiger partial charge in [0.1, 0.15) is 11.6 Å². The highest BCUT2D eigenvalue weighted by atomic mass is 16.5. The molecule has 0 bridgehead atoms. The number of nitrogens with zero attached hydrogens (tertiary/aromatic N) is 3. The zero-order chi connectivity index (χ0) is 23.1. The molecule has 1 aromatic heterocycles. The summed E-state index contributed by atoms with van der Waals surface area (Å²) in [6.45, 7) is 5.24. The number of carbonyl (C=O) groups excluding carboxylic acids is 3. The van der Waals surface area contributed by atoms with Crippen molar-refractivity contribution < 1.29 is 19.1 Å². The molecule has 2 heterocycles. The highest BCUT2D eigenvalue weighted by Crippen LogP contribution is 2.26. The van der Waals surface area contributed by atoms with Gasteiger partial charge in [-0.15, -0.1) is 0 Å². The lowest BCUT2D eigenvalue weighted by atomic mass is 10.0. The summed E-state index contributed by atoms with van der Waals surface area (Å²) < 4.78 is 6.96. The third-order valence-electron chi connectivity index (χ3n) is 5.67. The Balaban J connectivity index is 1.47. The fourth-order valence-corrected chi connectivity index (χ4v) is 3.93. The minimum atomic E-state index is -0.0470. The van der Waals surface area contributed by atoms with E-state index in [0.717, 1.165) is 12.8 Å². The van der Waals surface area contributed by atoms with E-state index in [1.807, 2.05) is 23.4 Å². The lowest BCUT2D eigenvalue weighted by Gasteiger charge is -2.32. The van der Waals surface area contributed by atoms with Crippen LogP contribution in [-0.4, -0.2) is 52.5 Å². The molecule has 8 heteroatoms. The summed E-state index contributed by atoms with van der Waals surface area (Å²) in [5, 5.41) is 7.34. The maximum absolute atomic E-state index is 12.6. The summed E-state index contributed by atoms with van der Waals surface area (Å²) in [6.07, 6.45) is 4.06. The van der Waals surface area contributed by atoms with Crippen LogP contribution in [0.1, 0.15) is 62.4 Å². The van der Waals surface area contributed by atoms with Crippen molar-refractivity contribution in [3.63, 3.8) is 0 Å². The molecule has 2 amide bonds. The topological polar surface area (TPSA) is 93.5 Å². The summed E-state index contributed by atoms with van der Waals surface area (Å²) in [6, 6.07) is 8.87. The van der Waals surface area contributed by atoms with Crippen LogP contribution in [0.3, 0.4) is 0 Å². The Labute approximate surface area is 188 Å². The molecule has 0 spiro atoms. The first-order chi connectivity index (χ1) is 15.4. The number of Topliss-reactive ketones (excluding diaryl/α,β-unsaturated/α-hetero) is 1. The molecule has 1 aromatic carbocycles. The number of carbonyl (C=O) groups is 3. The average molecular weight is 441 g/mol. The van der Waals surface area contributed by atoms with E-state index in [9.17, 15) is 14.4 Å². The van der Waals surface area contributed by atoms with E-state index in [1.165, 1.54) is 0 Å². The fraction of sp³-hybridized carbons (Fsp3) is 0.500. The summed E-state index contributed by atoms with van der Waals surface area (Å²) in [7, 11) is 1.58. The van der Waals surface area contributed by atoms with E-state index in [4.69, 9.17) is 4.74 Å². The molecule has 0 aliphatic carbocycles. The molecule has 1 saturated heterocycles. The molecule has 8 nitrogen and oxygen atoms in total. The van der Waals surface area contributed by atoms with Gasteiger partial charge in [0.2, 0.25) is 11.8 Å². The Kier molecular flexibility index (Phi) is 8.03. The number of ketones is 1. The van der Waals surface area contributed by atoms with Crippen LogP contribution in [0.15, 0.2) is 36.5 Å². The number of benzene rings is 1. The van der Waals surface area contributed by atoms with Crippen molar-refractivity contribution in [3.05, 3.63) is 42.1 Å². The molecular formula is C24H32N4O4. The van der Waals surface area contributed by atoms with E-state index >= 15 is 0 Å². The number of rotatable bonds is 9. The zero-order valence-electron chi connectivity index (χ0n) is 19.0. The van der Waals surface area contributed by atoms with Crippen LogP contribution >= 0.6 is 0 Å². The third-order valence-corrected chi connectivity index (χ3v) is 5.67. The van der Waals surface area contributed by atoms with Gasteiger partial charge >= 0.3 is 0 Å². The number of likely N-dealkylation sites (tertiary alicyclic amines) is 1. The average Bonchev–Trinajstić information content (AvgIpc) is 3.24. The van der Waals surface area contributed by atoms with Crippen LogP contribution in [0.4, 0.5) is 5.82 Å². The number of ether oxygens (including phenoxy) is 1. The maximum Gasteiger partial charge on any atom is 0.225 e. The van der Waals surface area contributed by atoms with Gasteiger partial charge in [-0.2, -0.15) is 5.10 Å². The predicted molar refractivity (Wildman–Crippen MR) is 122 cm³/mol. The van der Waals surface area contributed by atoms with Crippen molar-refractivity contribution in [2.45, 2.75) is 52.0 Å². The maximum atomic E-state index is 12.6. The molecule has 1 aliphatic heterocycles. The number of nitrogens with one attached hydrogen (secondary N) is 1. The number of amides is 2. The van der Waals surface area contributed by atoms with Crippen LogP contribution in [0.25, 0.3) is 0 Å². The van der Waals surface area contributed by atoms with Crippen LogP contribution in [0.5, 0.6) is 5.75 Å². The molecule has 0 unspecified atom stereocenters. The minimum Gasteiger partial charge on any atom is -0.497 e. The quantitative estimate of drug-likeness (QED) is 0.600. The van der Waals surface area contributed by atoms with Gasteiger partial charge in [-0.25, -0.2) is 4.68 Å². The second-order valence-corrected chi connectivity index (χ2v) is 8.57. The van der Waals surface area contributed by atoms with Crippen LogP contribution < -0.4 is 10.1 Å². The number of anilines is 1. The standard InChI is InChI=1S/C24H32N4O4/c1-17(2)16-23(30)26-22-10-13-25-28(22)19-11-14-27(15-12-19)24(31)9-8-21(29)18-4-6-20(32-3)7-5-18/h4-7,10,13,17,19H,8-9,11-12,14-16H2,1-3H3,(H,26,30). The van der Waals surface area contributed by atoms with Gasteiger partial charge in [-0.3, -0.25) is 14.4 Å². The third kappa shape index (κ3) is 6.18. The van der Waals surface area contributed by atoms with Crippen molar-refractivity contribution in [2.75, 3.05) is 25.5 Å². The molecule has 0 atom stereocenters. The molecule has 1 fully saturated rings. The molecule has 0 radical (unpaired) electrons. The van der Waals surface area contributed by atoms with E-state index in [1.54, 1.807) is 43.6 Å². The van der Waals surface area contributed by atoms with Crippen molar-refractivity contribution >= 4 is 23.4 Å². The summed E-state index contributed by atoms with van der Waals surface area (Å²) in [4.78, 5) is 38.9. The van der Waals surface area contributed by atoms with Gasteiger partial charge < -0.3 is 15.0 Å². The first-order valence-corrected chi connectivity index (χ1v) is 11.2.